The highest BCUT2D eigenvalue weighted by Crippen LogP contribution is 2.37. The molecule has 1 unspecified atom stereocenters. The standard InChI is InChI=1S/C3HCl4F3O/c4-1(8)2(9,10)11-3(5,6)7/h1H. The fourth-order valence-electron chi connectivity index (χ4n) is 0.199. The second-order valence-electron chi connectivity index (χ2n) is 1.41. The van der Waals surface area contributed by atoms with Gasteiger partial charge in [-0.3, -0.25) is 4.74 Å². The lowest BCUT2D eigenvalue weighted by Gasteiger charge is -2.20. The summed E-state index contributed by atoms with van der Waals surface area (Å²) in [5.74, 6) is 0. The normalized spacial score (nSPS) is 16.6. The summed E-state index contributed by atoms with van der Waals surface area (Å²) in [5, 5.41) is 0. The van der Waals surface area contributed by atoms with Crippen molar-refractivity contribution in [2.24, 2.45) is 0 Å². The number of hydrogen-bond donors (Lipinski definition) is 0. The molecule has 0 aromatic carbocycles. The van der Waals surface area contributed by atoms with Crippen LogP contribution in [-0.4, -0.2) is 15.7 Å². The van der Waals surface area contributed by atoms with Crippen molar-refractivity contribution < 1.29 is 17.9 Å². The van der Waals surface area contributed by atoms with Crippen LogP contribution in [0.4, 0.5) is 13.2 Å². The molecule has 0 saturated carbocycles. The first-order valence-corrected chi connectivity index (χ1v) is 3.65. The van der Waals surface area contributed by atoms with Crippen LogP contribution in [0.2, 0.25) is 0 Å². The van der Waals surface area contributed by atoms with E-state index in [9.17, 15) is 13.2 Å². The largest absolute Gasteiger partial charge is 0.404 e. The van der Waals surface area contributed by atoms with Gasteiger partial charge in [0.15, 0.2) is 0 Å². The summed E-state index contributed by atoms with van der Waals surface area (Å²) in [6.45, 7) is 0. The Morgan fingerprint density at radius 2 is 1.55 bits per heavy atom. The first kappa shape index (κ1) is 11.9. The van der Waals surface area contributed by atoms with Gasteiger partial charge in [0.25, 0.3) is 5.63 Å². The van der Waals surface area contributed by atoms with E-state index in [1.165, 1.54) is 0 Å². The second-order valence-corrected chi connectivity index (χ2v) is 3.97. The Morgan fingerprint density at radius 3 is 1.64 bits per heavy atom. The van der Waals surface area contributed by atoms with Gasteiger partial charge in [-0.15, -0.1) is 0 Å². The van der Waals surface area contributed by atoms with Gasteiger partial charge in [0, 0.05) is 0 Å². The number of hydrogen-bond acceptors (Lipinski definition) is 1. The minimum absolute atomic E-state index is 2.69. The molecule has 11 heavy (non-hydrogen) atoms. The maximum atomic E-state index is 12.1. The molecule has 0 aliphatic heterocycles. The van der Waals surface area contributed by atoms with Crippen LogP contribution in [-0.2, 0) is 4.74 Å². The Hall–Kier alpha value is 0.910. The number of ether oxygens (including phenoxy) is 1. The topological polar surface area (TPSA) is 9.23 Å². The van der Waals surface area contributed by atoms with Crippen molar-refractivity contribution >= 4 is 46.4 Å². The van der Waals surface area contributed by atoms with E-state index >= 15 is 0 Å². The molecule has 0 heterocycles. The van der Waals surface area contributed by atoms with Gasteiger partial charge in [-0.1, -0.05) is 46.4 Å². The molecule has 0 amide bonds. The average molecular weight is 252 g/mol. The van der Waals surface area contributed by atoms with Crippen molar-refractivity contribution in [3.63, 3.8) is 0 Å². The van der Waals surface area contributed by atoms with E-state index in [1.807, 2.05) is 0 Å². The van der Waals surface area contributed by atoms with Gasteiger partial charge in [-0.05, 0) is 0 Å². The van der Waals surface area contributed by atoms with E-state index in [0.29, 0.717) is 0 Å². The molecule has 0 bridgehead atoms. The Bertz CT molecular complexity index is 133. The molecule has 0 aromatic heterocycles. The lowest BCUT2D eigenvalue weighted by Crippen LogP contribution is -2.34. The van der Waals surface area contributed by atoms with Gasteiger partial charge in [-0.25, -0.2) is 4.39 Å². The highest BCUT2D eigenvalue weighted by molar-refractivity contribution is 6.66. The summed E-state index contributed by atoms with van der Waals surface area (Å²) in [5.41, 5.74) is -3.06. The van der Waals surface area contributed by atoms with Crippen LogP contribution in [0.1, 0.15) is 0 Å². The van der Waals surface area contributed by atoms with Gasteiger partial charge >= 0.3 is 10.1 Å². The molecule has 68 valence electrons. The third-order valence-corrected chi connectivity index (χ3v) is 0.991. The summed E-state index contributed by atoms with van der Waals surface area (Å²) in [6, 6.07) is 0. The monoisotopic (exact) mass is 250 g/mol. The summed E-state index contributed by atoms with van der Waals surface area (Å²) >= 11 is 18.7. The van der Waals surface area contributed by atoms with E-state index in [4.69, 9.17) is 34.8 Å². The fraction of sp³-hybridized carbons (Fsp3) is 1.00. The van der Waals surface area contributed by atoms with Gasteiger partial charge in [-0.2, -0.15) is 8.78 Å². The van der Waals surface area contributed by atoms with Crippen LogP contribution in [0.25, 0.3) is 0 Å². The van der Waals surface area contributed by atoms with E-state index in [2.05, 4.69) is 16.3 Å². The third kappa shape index (κ3) is 5.20. The van der Waals surface area contributed by atoms with E-state index in [0.717, 1.165) is 0 Å². The van der Waals surface area contributed by atoms with Gasteiger partial charge in [0.1, 0.15) is 0 Å². The minimum atomic E-state index is -4.31. The Morgan fingerprint density at radius 1 is 1.18 bits per heavy atom. The lowest BCUT2D eigenvalue weighted by molar-refractivity contribution is -0.260. The highest BCUT2D eigenvalue weighted by Gasteiger charge is 2.46. The molecule has 0 fully saturated rings. The molecule has 8 heteroatoms. The SMILES string of the molecule is FC(Cl)C(F)(F)OC(Cl)(Cl)Cl. The molecule has 0 N–H and O–H groups in total. The second kappa shape index (κ2) is 3.75. The van der Waals surface area contributed by atoms with Gasteiger partial charge < -0.3 is 0 Å². The highest BCUT2D eigenvalue weighted by atomic mass is 35.6. The van der Waals surface area contributed by atoms with Crippen molar-refractivity contribution in [2.75, 3.05) is 0 Å². The van der Waals surface area contributed by atoms with E-state index < -0.39 is 15.7 Å². The zero-order valence-corrected chi connectivity index (χ0v) is 7.66. The number of halogens is 7. The van der Waals surface area contributed by atoms with Crippen molar-refractivity contribution in [3.8, 4) is 0 Å². The summed E-state index contributed by atoms with van der Waals surface area (Å²) in [4.78, 5) is 0. The van der Waals surface area contributed by atoms with Crippen molar-refractivity contribution in [1.29, 1.82) is 0 Å². The zero-order valence-electron chi connectivity index (χ0n) is 4.63. The summed E-state index contributed by atoms with van der Waals surface area (Å²) in [6.07, 6.45) is -4.31. The Labute approximate surface area is 80.3 Å². The number of rotatable bonds is 2. The van der Waals surface area contributed by atoms with Crippen LogP contribution in [0.3, 0.4) is 0 Å². The van der Waals surface area contributed by atoms with Crippen LogP contribution in [0.5, 0.6) is 0 Å². The predicted octanol–water partition coefficient (Wildman–Crippen LogP) is 3.46. The average Bonchev–Trinajstić information content (AvgIpc) is 1.56. The Balaban J connectivity index is 4.13. The van der Waals surface area contributed by atoms with Crippen LogP contribution >= 0.6 is 46.4 Å². The van der Waals surface area contributed by atoms with Gasteiger partial charge in [0.05, 0.1) is 0 Å². The molecular formula is C3HCl4F3O. The maximum absolute atomic E-state index is 12.1. The molecule has 0 aliphatic rings. The smallest absolute Gasteiger partial charge is 0.266 e. The molecule has 0 aliphatic carbocycles. The van der Waals surface area contributed by atoms with Crippen molar-refractivity contribution in [1.82, 2.24) is 0 Å². The van der Waals surface area contributed by atoms with E-state index in [1.54, 1.807) is 0 Å². The fourth-order valence-corrected chi connectivity index (χ4v) is 0.552. The first-order chi connectivity index (χ1) is 4.65. The van der Waals surface area contributed by atoms with Crippen molar-refractivity contribution in [3.05, 3.63) is 0 Å². The molecule has 1 atom stereocenters. The van der Waals surface area contributed by atoms with Crippen LogP contribution in [0.15, 0.2) is 0 Å². The third-order valence-electron chi connectivity index (χ3n) is 0.506. The quantitative estimate of drug-likeness (QED) is 0.683. The maximum Gasteiger partial charge on any atom is 0.404 e. The molecule has 0 radical (unpaired) electrons. The number of alkyl halides is 7. The molecule has 0 aromatic rings. The van der Waals surface area contributed by atoms with Crippen molar-refractivity contribution in [2.45, 2.75) is 15.7 Å². The molecule has 0 saturated heterocycles. The van der Waals surface area contributed by atoms with Crippen LogP contribution in [0, 0.1) is 0 Å². The molecular weight excluding hydrogens is 251 g/mol. The summed E-state index contributed by atoms with van der Waals surface area (Å²) in [7, 11) is 0. The molecule has 0 spiro atoms. The zero-order chi connectivity index (χ0) is 9.28. The first-order valence-electron chi connectivity index (χ1n) is 2.08. The van der Waals surface area contributed by atoms with Gasteiger partial charge in [0.2, 0.25) is 0 Å². The summed E-state index contributed by atoms with van der Waals surface area (Å²) < 4.78 is 36.5. The van der Waals surface area contributed by atoms with Crippen LogP contribution < -0.4 is 0 Å². The molecule has 0 rings (SSSR count). The van der Waals surface area contributed by atoms with E-state index in [-0.39, 0.29) is 0 Å². The lowest BCUT2D eigenvalue weighted by atomic mass is 10.7. The Kier molecular flexibility index (Phi) is 4.06. The molecule has 1 nitrogen and oxygen atoms in total. The minimum Gasteiger partial charge on any atom is -0.266 e. The predicted molar refractivity (Wildman–Crippen MR) is 37.1 cm³/mol.